The van der Waals surface area contributed by atoms with Crippen LogP contribution in [0.5, 0.6) is 17.2 Å². The number of hydrogen-bond donors (Lipinski definition) is 0. The van der Waals surface area contributed by atoms with Crippen LogP contribution in [-0.4, -0.2) is 26.4 Å². The Labute approximate surface area is 124 Å². The van der Waals surface area contributed by atoms with Crippen molar-refractivity contribution in [1.29, 1.82) is 0 Å². The van der Waals surface area contributed by atoms with Crippen LogP contribution in [0.3, 0.4) is 0 Å². The topological polar surface area (TPSA) is 44.5 Å². The Morgan fingerprint density at radius 1 is 1.00 bits per heavy atom. The van der Waals surface area contributed by atoms with E-state index in [-0.39, 0.29) is 0 Å². The molecule has 1 heterocycles. The lowest BCUT2D eigenvalue weighted by atomic mass is 10.1. The van der Waals surface area contributed by atoms with Crippen LogP contribution in [0.25, 0.3) is 12.2 Å². The van der Waals surface area contributed by atoms with E-state index in [1.165, 1.54) is 0 Å². The Bertz CT molecular complexity index is 629. The number of benzene rings is 1. The third-order valence-electron chi connectivity index (χ3n) is 3.14. The highest BCUT2D eigenvalue weighted by Gasteiger charge is 2.11. The summed E-state index contributed by atoms with van der Waals surface area (Å²) in [5.41, 5.74) is 1.82. The molecular weight excluding hydrogens is 268 g/mol. The van der Waals surface area contributed by atoms with E-state index in [0.29, 0.717) is 17.2 Å². The van der Waals surface area contributed by atoms with Crippen molar-refractivity contribution in [2.45, 2.75) is 0 Å². The smallest absolute Gasteiger partial charge is 0.231 e. The summed E-state index contributed by atoms with van der Waals surface area (Å²) in [4.78, 5) is 0. The molecule has 1 aromatic heterocycles. The Kier molecular flexibility index (Phi) is 4.77. The average Bonchev–Trinajstić information content (AvgIpc) is 2.53. The maximum Gasteiger partial charge on any atom is 0.231 e. The molecule has 21 heavy (non-hydrogen) atoms. The molecule has 1 aromatic carbocycles. The van der Waals surface area contributed by atoms with Crippen LogP contribution in [0.2, 0.25) is 0 Å². The van der Waals surface area contributed by atoms with Crippen molar-refractivity contribution in [2.24, 2.45) is 7.05 Å². The fourth-order valence-electron chi connectivity index (χ4n) is 1.98. The van der Waals surface area contributed by atoms with E-state index in [9.17, 15) is 0 Å². The molecule has 0 amide bonds. The van der Waals surface area contributed by atoms with Crippen molar-refractivity contribution in [3.63, 3.8) is 0 Å². The van der Waals surface area contributed by atoms with Crippen molar-refractivity contribution >= 4 is 12.2 Å². The van der Waals surface area contributed by atoms with Crippen LogP contribution < -0.4 is 18.9 Å². The highest BCUT2D eigenvalue weighted by Crippen LogP contribution is 2.35. The van der Waals surface area contributed by atoms with E-state index < -0.39 is 0 Å². The van der Waals surface area contributed by atoms with Crippen molar-refractivity contribution < 1.29 is 18.9 Å². The van der Waals surface area contributed by atoms with Gasteiger partial charge >= 0.3 is 0 Å². The van der Waals surface area contributed by atoms with Crippen molar-refractivity contribution in [3.8, 4) is 17.2 Å². The van der Waals surface area contributed by atoms with Crippen LogP contribution in [0.4, 0.5) is 0 Å². The zero-order valence-corrected chi connectivity index (χ0v) is 12.7. The SMILES string of the molecule is COc1cc(OC)c(C=Cc2cccn[n+]2C)c(OC)c1. The lowest BCUT2D eigenvalue weighted by molar-refractivity contribution is -0.732. The molecule has 5 heteroatoms. The van der Waals surface area contributed by atoms with Gasteiger partial charge in [0.25, 0.3) is 0 Å². The Balaban J connectivity index is 2.45. The first-order valence-electron chi connectivity index (χ1n) is 6.49. The minimum atomic E-state index is 0.688. The maximum absolute atomic E-state index is 5.42. The number of rotatable bonds is 5. The number of aromatic nitrogens is 2. The quantitative estimate of drug-likeness (QED) is 0.790. The maximum atomic E-state index is 5.42. The van der Waals surface area contributed by atoms with E-state index in [2.05, 4.69) is 5.10 Å². The van der Waals surface area contributed by atoms with Crippen LogP contribution in [0.15, 0.2) is 30.5 Å². The second kappa shape index (κ2) is 6.74. The summed E-state index contributed by atoms with van der Waals surface area (Å²) in [6.07, 6.45) is 5.64. The first kappa shape index (κ1) is 14.8. The lowest BCUT2D eigenvalue weighted by Crippen LogP contribution is -2.35. The van der Waals surface area contributed by atoms with Gasteiger partial charge in [0.1, 0.15) is 17.2 Å². The molecule has 0 unspecified atom stereocenters. The Hall–Kier alpha value is -2.56. The molecule has 0 fully saturated rings. The normalized spacial score (nSPS) is 10.7. The molecule has 0 aliphatic rings. The summed E-state index contributed by atoms with van der Waals surface area (Å²) in [7, 11) is 6.74. The molecule has 110 valence electrons. The highest BCUT2D eigenvalue weighted by molar-refractivity contribution is 5.75. The van der Waals surface area contributed by atoms with Gasteiger partial charge in [-0.3, -0.25) is 0 Å². The van der Waals surface area contributed by atoms with Gasteiger partial charge in [-0.1, -0.05) is 4.68 Å². The van der Waals surface area contributed by atoms with Gasteiger partial charge in [-0.05, 0) is 17.2 Å². The van der Waals surface area contributed by atoms with Crippen LogP contribution in [0.1, 0.15) is 11.3 Å². The third kappa shape index (κ3) is 3.31. The van der Waals surface area contributed by atoms with Gasteiger partial charge in [0, 0.05) is 24.3 Å². The predicted molar refractivity (Wildman–Crippen MR) is 80.4 cm³/mol. The molecule has 0 saturated carbocycles. The predicted octanol–water partition coefficient (Wildman–Crippen LogP) is 2.10. The monoisotopic (exact) mass is 287 g/mol. The lowest BCUT2D eigenvalue weighted by Gasteiger charge is -2.12. The fraction of sp³-hybridized carbons (Fsp3) is 0.250. The summed E-state index contributed by atoms with van der Waals surface area (Å²) in [5, 5.41) is 4.19. The van der Waals surface area contributed by atoms with Gasteiger partial charge in [-0.15, -0.1) is 0 Å². The van der Waals surface area contributed by atoms with Crippen LogP contribution >= 0.6 is 0 Å². The number of methoxy groups -OCH3 is 3. The summed E-state index contributed by atoms with van der Waals surface area (Å²) in [5.74, 6) is 2.07. The average molecular weight is 287 g/mol. The Morgan fingerprint density at radius 2 is 1.67 bits per heavy atom. The standard InChI is InChI=1S/C16H19N2O3/c1-18-12(6-5-9-17-18)7-8-14-15(20-3)10-13(19-2)11-16(14)21-4/h5-11H,1-4H3/q+1. The van der Waals surface area contributed by atoms with Gasteiger partial charge < -0.3 is 14.2 Å². The first-order chi connectivity index (χ1) is 10.2. The van der Waals surface area contributed by atoms with Gasteiger partial charge in [-0.2, -0.15) is 0 Å². The number of ether oxygens (including phenoxy) is 3. The first-order valence-corrected chi connectivity index (χ1v) is 6.49. The summed E-state index contributed by atoms with van der Waals surface area (Å²) in [6.45, 7) is 0. The minimum absolute atomic E-state index is 0.688. The molecule has 0 saturated heterocycles. The van der Waals surface area contributed by atoms with Crippen molar-refractivity contribution in [1.82, 2.24) is 5.10 Å². The second-order valence-corrected chi connectivity index (χ2v) is 4.35. The molecule has 0 bridgehead atoms. The van der Waals surface area contributed by atoms with Crippen molar-refractivity contribution in [2.75, 3.05) is 21.3 Å². The van der Waals surface area contributed by atoms with Gasteiger partial charge in [0.05, 0.1) is 33.1 Å². The highest BCUT2D eigenvalue weighted by atomic mass is 16.5. The molecule has 0 N–H and O–H groups in total. The molecule has 2 rings (SSSR count). The van der Waals surface area contributed by atoms with Gasteiger partial charge in [0.15, 0.2) is 7.05 Å². The van der Waals surface area contributed by atoms with E-state index >= 15 is 0 Å². The molecule has 0 aliphatic heterocycles. The number of hydrogen-bond acceptors (Lipinski definition) is 4. The van der Waals surface area contributed by atoms with Gasteiger partial charge in [0.2, 0.25) is 5.69 Å². The van der Waals surface area contributed by atoms with Crippen molar-refractivity contribution in [3.05, 3.63) is 41.7 Å². The molecular formula is C16H19N2O3+. The largest absolute Gasteiger partial charge is 0.496 e. The molecule has 0 atom stereocenters. The zero-order valence-electron chi connectivity index (χ0n) is 12.7. The minimum Gasteiger partial charge on any atom is -0.496 e. The van der Waals surface area contributed by atoms with Crippen LogP contribution in [0, 0.1) is 0 Å². The summed E-state index contributed by atoms with van der Waals surface area (Å²) < 4.78 is 17.9. The molecule has 5 nitrogen and oxygen atoms in total. The van der Waals surface area contributed by atoms with E-state index in [1.54, 1.807) is 32.2 Å². The molecule has 0 spiro atoms. The van der Waals surface area contributed by atoms with E-state index in [0.717, 1.165) is 11.3 Å². The molecule has 0 radical (unpaired) electrons. The van der Waals surface area contributed by atoms with E-state index in [1.807, 2.05) is 43.5 Å². The van der Waals surface area contributed by atoms with E-state index in [4.69, 9.17) is 14.2 Å². The third-order valence-corrected chi connectivity index (χ3v) is 3.14. The summed E-state index contributed by atoms with van der Waals surface area (Å²) >= 11 is 0. The fourth-order valence-corrected chi connectivity index (χ4v) is 1.98. The summed E-state index contributed by atoms with van der Waals surface area (Å²) in [6, 6.07) is 7.52. The van der Waals surface area contributed by atoms with Gasteiger partial charge in [-0.25, -0.2) is 0 Å². The zero-order chi connectivity index (χ0) is 15.2. The number of aryl methyl sites for hydroxylation is 1. The Morgan fingerprint density at radius 3 is 2.19 bits per heavy atom. The number of nitrogens with zero attached hydrogens (tertiary/aromatic N) is 2. The molecule has 0 aliphatic carbocycles. The second-order valence-electron chi connectivity index (χ2n) is 4.35. The van der Waals surface area contributed by atoms with Crippen LogP contribution in [-0.2, 0) is 7.05 Å². The molecule has 2 aromatic rings.